The average Bonchev–Trinajstić information content (AvgIpc) is 2.64. The molecule has 1 rings (SSSR count). The standard InChI is InChI=1S/C11H20N2O3/c1-3-11(2,12)10(16)13-5-4-8(7-13)6-9(14)15/h8H,3-7,12H2,1-2H3,(H,14,15). The van der Waals surface area contributed by atoms with Crippen molar-refractivity contribution < 1.29 is 14.7 Å². The number of hydrogen-bond acceptors (Lipinski definition) is 3. The second kappa shape index (κ2) is 4.82. The number of amides is 1. The van der Waals surface area contributed by atoms with Gasteiger partial charge >= 0.3 is 5.97 Å². The molecule has 16 heavy (non-hydrogen) atoms. The molecular weight excluding hydrogens is 208 g/mol. The number of likely N-dealkylation sites (tertiary alicyclic amines) is 1. The molecule has 3 N–H and O–H groups in total. The van der Waals surface area contributed by atoms with Crippen LogP contribution >= 0.6 is 0 Å². The molecule has 92 valence electrons. The minimum Gasteiger partial charge on any atom is -0.481 e. The molecule has 5 heteroatoms. The number of nitrogens with zero attached hydrogens (tertiary/aromatic N) is 1. The molecule has 1 aliphatic rings. The van der Waals surface area contributed by atoms with Crippen LogP contribution in [0.5, 0.6) is 0 Å². The molecule has 1 aliphatic heterocycles. The zero-order valence-electron chi connectivity index (χ0n) is 9.90. The number of rotatable bonds is 4. The Hall–Kier alpha value is -1.10. The van der Waals surface area contributed by atoms with E-state index < -0.39 is 11.5 Å². The van der Waals surface area contributed by atoms with E-state index >= 15 is 0 Å². The minimum atomic E-state index is -0.821. The van der Waals surface area contributed by atoms with Crippen LogP contribution in [-0.2, 0) is 9.59 Å². The third kappa shape index (κ3) is 2.95. The number of nitrogens with two attached hydrogens (primary N) is 1. The second-order valence-electron chi connectivity index (χ2n) is 4.77. The lowest BCUT2D eigenvalue weighted by Crippen LogP contribution is -2.52. The summed E-state index contributed by atoms with van der Waals surface area (Å²) in [5.74, 6) is -0.790. The molecular formula is C11H20N2O3. The van der Waals surface area contributed by atoms with Gasteiger partial charge in [0.15, 0.2) is 0 Å². The minimum absolute atomic E-state index is 0.0668. The predicted octanol–water partition coefficient (Wildman–Crippen LogP) is 0.437. The van der Waals surface area contributed by atoms with Crippen molar-refractivity contribution in [3.63, 3.8) is 0 Å². The maximum Gasteiger partial charge on any atom is 0.303 e. The van der Waals surface area contributed by atoms with Gasteiger partial charge in [-0.25, -0.2) is 0 Å². The van der Waals surface area contributed by atoms with Crippen molar-refractivity contribution in [1.29, 1.82) is 0 Å². The maximum atomic E-state index is 12.0. The Bertz CT molecular complexity index is 289. The van der Waals surface area contributed by atoms with Crippen LogP contribution in [0.15, 0.2) is 0 Å². The number of carbonyl (C=O) groups is 2. The van der Waals surface area contributed by atoms with Crippen molar-refractivity contribution in [2.75, 3.05) is 13.1 Å². The summed E-state index contributed by atoms with van der Waals surface area (Å²) in [5.41, 5.74) is 5.06. The number of aliphatic carboxylic acids is 1. The first-order valence-electron chi connectivity index (χ1n) is 5.67. The van der Waals surface area contributed by atoms with Gasteiger partial charge in [-0.2, -0.15) is 0 Å². The van der Waals surface area contributed by atoms with Gasteiger partial charge in [0, 0.05) is 19.5 Å². The second-order valence-corrected chi connectivity index (χ2v) is 4.77. The molecule has 2 atom stereocenters. The Morgan fingerprint density at radius 2 is 2.19 bits per heavy atom. The first kappa shape index (κ1) is 13.0. The van der Waals surface area contributed by atoms with Crippen molar-refractivity contribution in [3.8, 4) is 0 Å². The SMILES string of the molecule is CCC(C)(N)C(=O)N1CCC(CC(=O)O)C1. The first-order chi connectivity index (χ1) is 7.36. The van der Waals surface area contributed by atoms with Gasteiger partial charge in [-0.05, 0) is 25.7 Å². The van der Waals surface area contributed by atoms with E-state index in [4.69, 9.17) is 10.8 Å². The van der Waals surface area contributed by atoms with Gasteiger partial charge in [-0.15, -0.1) is 0 Å². The number of hydrogen-bond donors (Lipinski definition) is 2. The monoisotopic (exact) mass is 228 g/mol. The highest BCUT2D eigenvalue weighted by Crippen LogP contribution is 2.22. The van der Waals surface area contributed by atoms with Gasteiger partial charge in [0.25, 0.3) is 0 Å². The van der Waals surface area contributed by atoms with Crippen molar-refractivity contribution in [2.24, 2.45) is 11.7 Å². The lowest BCUT2D eigenvalue weighted by molar-refractivity contribution is -0.139. The Labute approximate surface area is 95.6 Å². The van der Waals surface area contributed by atoms with Gasteiger partial charge in [0.1, 0.15) is 0 Å². The van der Waals surface area contributed by atoms with Crippen LogP contribution in [0.25, 0.3) is 0 Å². The zero-order valence-corrected chi connectivity index (χ0v) is 9.90. The van der Waals surface area contributed by atoms with E-state index in [9.17, 15) is 9.59 Å². The van der Waals surface area contributed by atoms with Crippen LogP contribution < -0.4 is 5.73 Å². The molecule has 1 heterocycles. The Kier molecular flexibility index (Phi) is 3.91. The van der Waals surface area contributed by atoms with E-state index in [2.05, 4.69) is 0 Å². The van der Waals surface area contributed by atoms with Gasteiger partial charge in [0.2, 0.25) is 5.91 Å². The molecule has 0 spiro atoms. The van der Waals surface area contributed by atoms with Crippen LogP contribution in [0.3, 0.4) is 0 Å². The Balaban J connectivity index is 2.53. The lowest BCUT2D eigenvalue weighted by Gasteiger charge is -2.28. The lowest BCUT2D eigenvalue weighted by atomic mass is 9.98. The van der Waals surface area contributed by atoms with E-state index in [1.165, 1.54) is 0 Å². The molecule has 0 aliphatic carbocycles. The van der Waals surface area contributed by atoms with Gasteiger partial charge < -0.3 is 15.7 Å². The third-order valence-electron chi connectivity index (χ3n) is 3.26. The molecule has 0 aromatic heterocycles. The third-order valence-corrected chi connectivity index (χ3v) is 3.26. The van der Waals surface area contributed by atoms with E-state index in [-0.39, 0.29) is 18.2 Å². The highest BCUT2D eigenvalue weighted by atomic mass is 16.4. The van der Waals surface area contributed by atoms with Crippen molar-refractivity contribution >= 4 is 11.9 Å². The quantitative estimate of drug-likeness (QED) is 0.731. The van der Waals surface area contributed by atoms with E-state index in [0.29, 0.717) is 19.5 Å². The molecule has 0 saturated carbocycles. The highest BCUT2D eigenvalue weighted by Gasteiger charge is 2.35. The molecule has 5 nitrogen and oxygen atoms in total. The molecule has 0 aromatic rings. The van der Waals surface area contributed by atoms with Crippen LogP contribution in [0.1, 0.15) is 33.1 Å². The molecule has 0 radical (unpaired) electrons. The molecule has 1 saturated heterocycles. The molecule has 1 amide bonds. The van der Waals surface area contributed by atoms with Crippen molar-refractivity contribution in [3.05, 3.63) is 0 Å². The largest absolute Gasteiger partial charge is 0.481 e. The fourth-order valence-corrected chi connectivity index (χ4v) is 1.94. The fourth-order valence-electron chi connectivity index (χ4n) is 1.94. The fraction of sp³-hybridized carbons (Fsp3) is 0.818. The first-order valence-corrected chi connectivity index (χ1v) is 5.67. The number of carbonyl (C=O) groups excluding carboxylic acids is 1. The summed E-state index contributed by atoms with van der Waals surface area (Å²) in [5, 5.41) is 8.68. The predicted molar refractivity (Wildman–Crippen MR) is 59.8 cm³/mol. The Morgan fingerprint density at radius 3 is 2.69 bits per heavy atom. The molecule has 2 unspecified atom stereocenters. The average molecular weight is 228 g/mol. The molecule has 1 fully saturated rings. The molecule has 0 aromatic carbocycles. The maximum absolute atomic E-state index is 12.0. The highest BCUT2D eigenvalue weighted by molar-refractivity contribution is 5.85. The van der Waals surface area contributed by atoms with Gasteiger partial charge in [-0.3, -0.25) is 9.59 Å². The summed E-state index contributed by atoms with van der Waals surface area (Å²) in [4.78, 5) is 24.2. The van der Waals surface area contributed by atoms with Crippen molar-refractivity contribution in [1.82, 2.24) is 4.90 Å². The van der Waals surface area contributed by atoms with Gasteiger partial charge in [-0.1, -0.05) is 6.92 Å². The smallest absolute Gasteiger partial charge is 0.303 e. The summed E-state index contributed by atoms with van der Waals surface area (Å²) < 4.78 is 0. The van der Waals surface area contributed by atoms with Crippen LogP contribution in [0.2, 0.25) is 0 Å². The summed E-state index contributed by atoms with van der Waals surface area (Å²) in [6.45, 7) is 4.75. The number of carboxylic acids is 1. The van der Waals surface area contributed by atoms with Gasteiger partial charge in [0.05, 0.1) is 5.54 Å². The number of carboxylic acid groups (broad SMARTS) is 1. The van der Waals surface area contributed by atoms with E-state index in [0.717, 1.165) is 6.42 Å². The van der Waals surface area contributed by atoms with Crippen LogP contribution in [-0.4, -0.2) is 40.5 Å². The summed E-state index contributed by atoms with van der Waals surface area (Å²) in [6.07, 6.45) is 1.49. The Morgan fingerprint density at radius 1 is 1.56 bits per heavy atom. The normalized spacial score (nSPS) is 24.2. The van der Waals surface area contributed by atoms with Crippen LogP contribution in [0, 0.1) is 5.92 Å². The van der Waals surface area contributed by atoms with Crippen LogP contribution in [0.4, 0.5) is 0 Å². The zero-order chi connectivity index (χ0) is 12.3. The van der Waals surface area contributed by atoms with E-state index in [1.54, 1.807) is 11.8 Å². The van der Waals surface area contributed by atoms with E-state index in [1.807, 2.05) is 6.92 Å². The summed E-state index contributed by atoms with van der Waals surface area (Å²) in [6, 6.07) is 0. The van der Waals surface area contributed by atoms with Crippen molar-refractivity contribution in [2.45, 2.75) is 38.6 Å². The molecule has 0 bridgehead atoms. The summed E-state index contributed by atoms with van der Waals surface area (Å²) in [7, 11) is 0. The topological polar surface area (TPSA) is 83.6 Å². The summed E-state index contributed by atoms with van der Waals surface area (Å²) >= 11 is 0.